The monoisotopic (exact) mass is 420 g/mol. The van der Waals surface area contributed by atoms with Gasteiger partial charge in [-0.3, -0.25) is 9.48 Å². The number of aromatic nitrogens is 2. The smallest absolute Gasteiger partial charge is 0.266 e. The number of nitriles is 1. The number of hydrogen-bond donors (Lipinski definition) is 1. The molecule has 152 valence electrons. The minimum absolute atomic E-state index is 0.0237. The van der Waals surface area contributed by atoms with Gasteiger partial charge in [0, 0.05) is 16.3 Å². The Labute approximate surface area is 180 Å². The maximum atomic E-state index is 12.7. The van der Waals surface area contributed by atoms with E-state index in [0.29, 0.717) is 23.0 Å². The van der Waals surface area contributed by atoms with Gasteiger partial charge in [-0.2, -0.15) is 10.4 Å². The standard InChI is InChI=1S/C23H21ClN4O2/c1-15-19(16(2)28(27-15)14-17-8-4-5-9-20(17)24)12-18(13-25)23(29)26-21-10-6-7-11-22(21)30-3/h4-12H,14H2,1-3H3,(H,26,29)/b18-12+. The van der Waals surface area contributed by atoms with Crippen molar-refractivity contribution in [1.82, 2.24) is 9.78 Å². The third kappa shape index (κ3) is 4.53. The Hall–Kier alpha value is -3.56. The highest BCUT2D eigenvalue weighted by molar-refractivity contribution is 6.31. The van der Waals surface area contributed by atoms with Crippen molar-refractivity contribution in [3.8, 4) is 11.8 Å². The summed E-state index contributed by atoms with van der Waals surface area (Å²) in [7, 11) is 1.52. The van der Waals surface area contributed by atoms with E-state index in [9.17, 15) is 10.1 Å². The zero-order valence-corrected chi connectivity index (χ0v) is 17.7. The lowest BCUT2D eigenvalue weighted by atomic mass is 10.1. The maximum Gasteiger partial charge on any atom is 0.266 e. The summed E-state index contributed by atoms with van der Waals surface area (Å²) >= 11 is 6.26. The molecule has 0 atom stereocenters. The fraction of sp³-hybridized carbons (Fsp3) is 0.174. The van der Waals surface area contributed by atoms with Crippen molar-refractivity contribution >= 4 is 29.3 Å². The van der Waals surface area contributed by atoms with Crippen LogP contribution in [0.1, 0.15) is 22.5 Å². The Morgan fingerprint density at radius 2 is 1.93 bits per heavy atom. The molecule has 0 spiro atoms. The Morgan fingerprint density at radius 1 is 1.23 bits per heavy atom. The number of anilines is 1. The number of benzene rings is 2. The minimum Gasteiger partial charge on any atom is -0.495 e. The van der Waals surface area contributed by atoms with Crippen LogP contribution in [0.2, 0.25) is 5.02 Å². The molecule has 0 saturated heterocycles. The first-order valence-corrected chi connectivity index (χ1v) is 9.66. The van der Waals surface area contributed by atoms with Crippen LogP contribution in [0.3, 0.4) is 0 Å². The summed E-state index contributed by atoms with van der Waals surface area (Å²) in [6.07, 6.45) is 1.56. The molecule has 30 heavy (non-hydrogen) atoms. The second-order valence-corrected chi connectivity index (χ2v) is 7.06. The molecule has 0 aliphatic carbocycles. The Kier molecular flexibility index (Phi) is 6.55. The van der Waals surface area contributed by atoms with Crippen molar-refractivity contribution in [2.75, 3.05) is 12.4 Å². The first-order valence-electron chi connectivity index (χ1n) is 9.28. The molecule has 1 amide bonds. The molecule has 0 unspecified atom stereocenters. The van der Waals surface area contributed by atoms with Crippen LogP contribution in [0, 0.1) is 25.2 Å². The lowest BCUT2D eigenvalue weighted by Gasteiger charge is -2.09. The number of nitrogens with zero attached hydrogens (tertiary/aromatic N) is 3. The van der Waals surface area contributed by atoms with Gasteiger partial charge in [0.1, 0.15) is 17.4 Å². The van der Waals surface area contributed by atoms with Crippen LogP contribution in [0.15, 0.2) is 54.1 Å². The van der Waals surface area contributed by atoms with Crippen LogP contribution in [0.4, 0.5) is 5.69 Å². The average Bonchev–Trinajstić information content (AvgIpc) is 3.00. The Bertz CT molecular complexity index is 1160. The number of halogens is 1. The number of para-hydroxylation sites is 2. The van der Waals surface area contributed by atoms with Crippen LogP contribution in [-0.2, 0) is 11.3 Å². The highest BCUT2D eigenvalue weighted by atomic mass is 35.5. The van der Waals surface area contributed by atoms with E-state index in [1.807, 2.05) is 48.9 Å². The molecule has 0 radical (unpaired) electrons. The summed E-state index contributed by atoms with van der Waals surface area (Å²) in [5, 5.41) is 17.5. The van der Waals surface area contributed by atoms with Crippen LogP contribution in [-0.4, -0.2) is 22.8 Å². The molecule has 0 fully saturated rings. The summed E-state index contributed by atoms with van der Waals surface area (Å²) in [5.41, 5.74) is 3.70. The number of carbonyl (C=O) groups excluding carboxylic acids is 1. The van der Waals surface area contributed by atoms with E-state index in [4.69, 9.17) is 16.3 Å². The number of nitrogens with one attached hydrogen (secondary N) is 1. The number of hydrogen-bond acceptors (Lipinski definition) is 4. The third-order valence-electron chi connectivity index (χ3n) is 4.72. The molecule has 1 aromatic heterocycles. The number of amides is 1. The summed E-state index contributed by atoms with van der Waals surface area (Å²) in [6, 6.07) is 16.6. The molecule has 1 heterocycles. The summed E-state index contributed by atoms with van der Waals surface area (Å²) in [6.45, 7) is 4.24. The van der Waals surface area contributed by atoms with Gasteiger partial charge in [0.05, 0.1) is 25.0 Å². The molecular weight excluding hydrogens is 400 g/mol. The van der Waals surface area contributed by atoms with Gasteiger partial charge in [-0.15, -0.1) is 0 Å². The molecule has 2 aromatic carbocycles. The van der Waals surface area contributed by atoms with Crippen molar-refractivity contribution in [1.29, 1.82) is 5.26 Å². The van der Waals surface area contributed by atoms with Crippen LogP contribution in [0.25, 0.3) is 6.08 Å². The molecule has 6 nitrogen and oxygen atoms in total. The van der Waals surface area contributed by atoms with E-state index in [0.717, 1.165) is 22.5 Å². The summed E-state index contributed by atoms with van der Waals surface area (Å²) < 4.78 is 7.06. The topological polar surface area (TPSA) is 79.9 Å². The van der Waals surface area contributed by atoms with Gasteiger partial charge in [-0.25, -0.2) is 0 Å². The second kappa shape index (κ2) is 9.29. The van der Waals surface area contributed by atoms with E-state index in [-0.39, 0.29) is 5.57 Å². The van der Waals surface area contributed by atoms with Crippen molar-refractivity contribution in [3.05, 3.63) is 81.6 Å². The Balaban J connectivity index is 1.89. The van der Waals surface area contributed by atoms with Crippen molar-refractivity contribution in [2.45, 2.75) is 20.4 Å². The number of rotatable bonds is 6. The number of methoxy groups -OCH3 is 1. The van der Waals surface area contributed by atoms with Crippen LogP contribution >= 0.6 is 11.6 Å². The zero-order valence-electron chi connectivity index (χ0n) is 16.9. The minimum atomic E-state index is -0.514. The first kappa shape index (κ1) is 21.2. The molecule has 0 saturated carbocycles. The van der Waals surface area contributed by atoms with Gasteiger partial charge < -0.3 is 10.1 Å². The fourth-order valence-corrected chi connectivity index (χ4v) is 3.29. The molecule has 1 N–H and O–H groups in total. The van der Waals surface area contributed by atoms with Gasteiger partial charge in [0.2, 0.25) is 0 Å². The van der Waals surface area contributed by atoms with Gasteiger partial charge in [0.15, 0.2) is 0 Å². The quantitative estimate of drug-likeness (QED) is 0.460. The van der Waals surface area contributed by atoms with Gasteiger partial charge in [-0.1, -0.05) is 41.9 Å². The molecule has 3 rings (SSSR count). The lowest BCUT2D eigenvalue weighted by molar-refractivity contribution is -0.112. The predicted octanol–water partition coefficient (Wildman–Crippen LogP) is 4.76. The normalized spacial score (nSPS) is 11.1. The molecule has 0 bridgehead atoms. The number of aryl methyl sites for hydroxylation is 1. The average molecular weight is 421 g/mol. The SMILES string of the molecule is COc1ccccc1NC(=O)/C(C#N)=C/c1c(C)nn(Cc2ccccc2Cl)c1C. The lowest BCUT2D eigenvalue weighted by Crippen LogP contribution is -2.14. The first-order chi connectivity index (χ1) is 14.4. The third-order valence-corrected chi connectivity index (χ3v) is 5.09. The highest BCUT2D eigenvalue weighted by Gasteiger charge is 2.16. The maximum absolute atomic E-state index is 12.7. The summed E-state index contributed by atoms with van der Waals surface area (Å²) in [5.74, 6) is 0.00251. The van der Waals surface area contributed by atoms with Crippen LogP contribution < -0.4 is 10.1 Å². The molecule has 0 aliphatic rings. The van der Waals surface area contributed by atoms with E-state index in [1.54, 1.807) is 30.3 Å². The van der Waals surface area contributed by atoms with Gasteiger partial charge in [0.25, 0.3) is 5.91 Å². The number of carbonyl (C=O) groups is 1. The van der Waals surface area contributed by atoms with Gasteiger partial charge in [-0.05, 0) is 43.7 Å². The largest absolute Gasteiger partial charge is 0.495 e. The highest BCUT2D eigenvalue weighted by Crippen LogP contribution is 2.25. The second-order valence-electron chi connectivity index (χ2n) is 6.66. The summed E-state index contributed by atoms with van der Waals surface area (Å²) in [4.78, 5) is 12.7. The van der Waals surface area contributed by atoms with Gasteiger partial charge >= 0.3 is 0 Å². The molecule has 0 aliphatic heterocycles. The predicted molar refractivity (Wildman–Crippen MR) is 117 cm³/mol. The molecule has 3 aromatic rings. The zero-order chi connectivity index (χ0) is 21.7. The van der Waals surface area contributed by atoms with Crippen molar-refractivity contribution < 1.29 is 9.53 Å². The van der Waals surface area contributed by atoms with Crippen LogP contribution in [0.5, 0.6) is 5.75 Å². The molecular formula is C23H21ClN4O2. The number of ether oxygens (including phenoxy) is 1. The van der Waals surface area contributed by atoms with E-state index >= 15 is 0 Å². The fourth-order valence-electron chi connectivity index (χ4n) is 3.09. The molecule has 7 heteroatoms. The van der Waals surface area contributed by atoms with E-state index < -0.39 is 5.91 Å². The van der Waals surface area contributed by atoms with Crippen molar-refractivity contribution in [2.24, 2.45) is 0 Å². The van der Waals surface area contributed by atoms with Crippen molar-refractivity contribution in [3.63, 3.8) is 0 Å². The van der Waals surface area contributed by atoms with E-state index in [2.05, 4.69) is 10.4 Å². The Morgan fingerprint density at radius 3 is 2.63 bits per heavy atom. The van der Waals surface area contributed by atoms with E-state index in [1.165, 1.54) is 7.11 Å².